The molecule has 0 amide bonds. The van der Waals surface area contributed by atoms with Crippen molar-refractivity contribution in [2.75, 3.05) is 14.1 Å². The van der Waals surface area contributed by atoms with Crippen molar-refractivity contribution in [2.24, 2.45) is 0 Å². The van der Waals surface area contributed by atoms with E-state index in [2.05, 4.69) is 14.1 Å². The minimum Gasteiger partial charge on any atom is -0.393 e. The molecule has 1 N–H and O–H groups in total. The van der Waals surface area contributed by atoms with E-state index in [1.807, 2.05) is 0 Å². The number of aliphatic hydroxyl groups is 1. The highest BCUT2D eigenvalue weighted by Crippen LogP contribution is 2.37. The van der Waals surface area contributed by atoms with Gasteiger partial charge in [0.25, 0.3) is 0 Å². The average Bonchev–Trinajstić information content (AvgIpc) is 1.92. The van der Waals surface area contributed by atoms with Crippen molar-refractivity contribution in [3.05, 3.63) is 0 Å². The molecule has 0 aromatic carbocycles. The third-order valence-electron chi connectivity index (χ3n) is 4.05. The van der Waals surface area contributed by atoms with Gasteiger partial charge in [-0.25, -0.2) is 0 Å². The predicted octanol–water partition coefficient (Wildman–Crippen LogP) is 1.14. The molecule has 12 heavy (non-hydrogen) atoms. The fraction of sp³-hybridized carbons (Fsp3) is 1.00. The van der Waals surface area contributed by atoms with E-state index in [-0.39, 0.29) is 6.10 Å². The normalized spacial score (nSPS) is 45.8. The summed E-state index contributed by atoms with van der Waals surface area (Å²) in [5.41, 5.74) is 0. The van der Waals surface area contributed by atoms with Gasteiger partial charge in [0.1, 0.15) is 0 Å². The van der Waals surface area contributed by atoms with Gasteiger partial charge in [-0.15, -0.1) is 0 Å². The summed E-state index contributed by atoms with van der Waals surface area (Å²) in [6.07, 6.45) is 6.07. The van der Waals surface area contributed by atoms with Gasteiger partial charge < -0.3 is 9.59 Å². The lowest BCUT2D eigenvalue weighted by atomic mass is 9.81. The van der Waals surface area contributed by atoms with E-state index in [9.17, 15) is 5.11 Å². The SMILES string of the molecule is C[N+]1(C)[C@H]2CCC[C@H]1CC(O)C2. The molecule has 0 aromatic heterocycles. The number of rotatable bonds is 0. The van der Waals surface area contributed by atoms with Crippen LogP contribution in [0, 0.1) is 0 Å². The maximum absolute atomic E-state index is 9.64. The van der Waals surface area contributed by atoms with Crippen LogP contribution in [0.25, 0.3) is 0 Å². The van der Waals surface area contributed by atoms with Gasteiger partial charge in [-0.2, -0.15) is 0 Å². The minimum absolute atomic E-state index is 0.00792. The van der Waals surface area contributed by atoms with Crippen LogP contribution in [0.15, 0.2) is 0 Å². The summed E-state index contributed by atoms with van der Waals surface area (Å²) in [4.78, 5) is 0. The van der Waals surface area contributed by atoms with Crippen LogP contribution in [0.1, 0.15) is 32.1 Å². The zero-order chi connectivity index (χ0) is 8.77. The number of quaternary nitrogens is 1. The van der Waals surface area contributed by atoms with Gasteiger partial charge in [-0.1, -0.05) is 0 Å². The van der Waals surface area contributed by atoms with E-state index in [1.165, 1.54) is 19.3 Å². The lowest BCUT2D eigenvalue weighted by Crippen LogP contribution is -2.63. The van der Waals surface area contributed by atoms with Crippen LogP contribution in [0.3, 0.4) is 0 Å². The summed E-state index contributed by atoms with van der Waals surface area (Å²) < 4.78 is 1.16. The second-order valence-electron chi connectivity index (χ2n) is 4.99. The van der Waals surface area contributed by atoms with E-state index >= 15 is 0 Å². The van der Waals surface area contributed by atoms with Crippen molar-refractivity contribution in [1.29, 1.82) is 0 Å². The Hall–Kier alpha value is -0.0800. The van der Waals surface area contributed by atoms with E-state index < -0.39 is 0 Å². The summed E-state index contributed by atoms with van der Waals surface area (Å²) in [5.74, 6) is 0. The second kappa shape index (κ2) is 2.71. The number of fused-ring (bicyclic) bond motifs is 2. The fourth-order valence-corrected chi connectivity index (χ4v) is 3.06. The second-order valence-corrected chi connectivity index (χ2v) is 4.99. The van der Waals surface area contributed by atoms with Crippen molar-refractivity contribution >= 4 is 0 Å². The van der Waals surface area contributed by atoms with E-state index in [0.717, 1.165) is 29.4 Å². The number of aliphatic hydroxyl groups excluding tert-OH is 1. The molecule has 0 saturated carbocycles. The number of hydrogen-bond acceptors (Lipinski definition) is 1. The molecule has 2 bridgehead atoms. The van der Waals surface area contributed by atoms with Gasteiger partial charge in [0.2, 0.25) is 0 Å². The molecule has 0 aliphatic carbocycles. The highest BCUT2D eigenvalue weighted by Gasteiger charge is 2.45. The Morgan fingerprint density at radius 3 is 2.08 bits per heavy atom. The van der Waals surface area contributed by atoms with Crippen molar-refractivity contribution in [1.82, 2.24) is 0 Å². The van der Waals surface area contributed by atoms with E-state index in [1.54, 1.807) is 0 Å². The van der Waals surface area contributed by atoms with Crippen molar-refractivity contribution in [2.45, 2.75) is 50.3 Å². The van der Waals surface area contributed by atoms with E-state index in [4.69, 9.17) is 0 Å². The standard InChI is InChI=1S/C10H20NO/c1-11(2)8-4-3-5-9(11)7-10(12)6-8/h8-10,12H,3-7H2,1-2H3/q+1/t8-,9-/m0/s1. The summed E-state index contributed by atoms with van der Waals surface area (Å²) >= 11 is 0. The third kappa shape index (κ3) is 1.17. The maximum Gasteiger partial charge on any atom is 0.0913 e. The number of piperidine rings is 2. The molecule has 0 aromatic rings. The Morgan fingerprint density at radius 2 is 1.58 bits per heavy atom. The Morgan fingerprint density at radius 1 is 1.08 bits per heavy atom. The molecule has 2 rings (SSSR count). The summed E-state index contributed by atoms with van der Waals surface area (Å²) in [6, 6.07) is 1.46. The Bertz CT molecular complexity index is 163. The Balaban J connectivity index is 2.18. The first-order chi connectivity index (χ1) is 5.60. The summed E-state index contributed by atoms with van der Waals surface area (Å²) in [7, 11) is 4.67. The van der Waals surface area contributed by atoms with Crippen LogP contribution in [0.5, 0.6) is 0 Å². The summed E-state index contributed by atoms with van der Waals surface area (Å²) in [5, 5.41) is 9.64. The molecular weight excluding hydrogens is 150 g/mol. The van der Waals surface area contributed by atoms with Crippen LogP contribution in [0.4, 0.5) is 0 Å². The third-order valence-corrected chi connectivity index (χ3v) is 4.05. The van der Waals surface area contributed by atoms with E-state index in [0.29, 0.717) is 0 Å². The highest BCUT2D eigenvalue weighted by molar-refractivity contribution is 4.82. The molecule has 2 heterocycles. The smallest absolute Gasteiger partial charge is 0.0913 e. The molecule has 2 aliphatic rings. The van der Waals surface area contributed by atoms with Gasteiger partial charge in [-0.3, -0.25) is 0 Å². The molecule has 0 unspecified atom stereocenters. The monoisotopic (exact) mass is 170 g/mol. The minimum atomic E-state index is -0.00792. The molecule has 0 spiro atoms. The van der Waals surface area contributed by atoms with Crippen molar-refractivity contribution in [3.63, 3.8) is 0 Å². The Labute approximate surface area is 74.8 Å². The largest absolute Gasteiger partial charge is 0.393 e. The summed E-state index contributed by atoms with van der Waals surface area (Å²) in [6.45, 7) is 0. The lowest BCUT2D eigenvalue weighted by Gasteiger charge is -2.52. The van der Waals surface area contributed by atoms with Crippen molar-refractivity contribution < 1.29 is 9.59 Å². The van der Waals surface area contributed by atoms with Gasteiger partial charge >= 0.3 is 0 Å². The number of nitrogens with zero attached hydrogens (tertiary/aromatic N) is 1. The van der Waals surface area contributed by atoms with Crippen molar-refractivity contribution in [3.8, 4) is 0 Å². The van der Waals surface area contributed by atoms with Crippen LogP contribution < -0.4 is 0 Å². The van der Waals surface area contributed by atoms with Crippen LogP contribution in [0.2, 0.25) is 0 Å². The van der Waals surface area contributed by atoms with Crippen LogP contribution in [-0.4, -0.2) is 41.9 Å². The molecule has 0 radical (unpaired) electrons. The van der Waals surface area contributed by atoms with Crippen LogP contribution >= 0.6 is 0 Å². The lowest BCUT2D eigenvalue weighted by molar-refractivity contribution is -0.950. The highest BCUT2D eigenvalue weighted by atomic mass is 16.3. The molecule has 2 fully saturated rings. The quantitative estimate of drug-likeness (QED) is 0.540. The Kier molecular flexibility index (Phi) is 1.92. The molecular formula is C10H20NO+. The zero-order valence-corrected chi connectivity index (χ0v) is 8.16. The fourth-order valence-electron chi connectivity index (χ4n) is 3.06. The first-order valence-corrected chi connectivity index (χ1v) is 5.12. The first-order valence-electron chi connectivity index (χ1n) is 5.12. The van der Waals surface area contributed by atoms with Gasteiger partial charge in [0.05, 0.1) is 32.3 Å². The maximum atomic E-state index is 9.64. The van der Waals surface area contributed by atoms with Gasteiger partial charge in [-0.05, 0) is 19.3 Å². The van der Waals surface area contributed by atoms with Gasteiger partial charge in [0.15, 0.2) is 0 Å². The van der Waals surface area contributed by atoms with Crippen LogP contribution in [-0.2, 0) is 0 Å². The molecule has 70 valence electrons. The first kappa shape index (κ1) is 8.52. The molecule has 2 heteroatoms. The number of hydrogen-bond donors (Lipinski definition) is 1. The average molecular weight is 170 g/mol. The topological polar surface area (TPSA) is 20.2 Å². The molecule has 2 atom stereocenters. The molecule has 2 saturated heterocycles. The zero-order valence-electron chi connectivity index (χ0n) is 8.16. The molecule has 2 aliphatic heterocycles. The molecule has 2 nitrogen and oxygen atoms in total. The predicted molar refractivity (Wildman–Crippen MR) is 48.8 cm³/mol. The van der Waals surface area contributed by atoms with Gasteiger partial charge in [0, 0.05) is 12.8 Å².